The van der Waals surface area contributed by atoms with Crippen molar-refractivity contribution in [2.75, 3.05) is 42.9 Å². The van der Waals surface area contributed by atoms with Gasteiger partial charge in [0.15, 0.2) is 5.78 Å². The standard InChI is InChI=1S/C30H27FN6O7S/c1-18(38)3-8-27(39)36-9-11-37(12-10-36)28-22-13-19(4-6-24(22)33-17-34-28)21-15-25(29(44-2)32-16-21)35-45(42,43)26-7-5-20(30(40)41)14-23(26)31/h3-8,13-17,35H,9-12H2,1-2H3,(H,40,41)/b8-3+. The molecular formula is C30H27FN6O7S. The van der Waals surface area contributed by atoms with Gasteiger partial charge in [-0.2, -0.15) is 0 Å². The zero-order chi connectivity index (χ0) is 32.3. The average Bonchev–Trinajstić information content (AvgIpc) is 3.02. The van der Waals surface area contributed by atoms with Crippen LogP contribution in [-0.4, -0.2) is 84.3 Å². The highest BCUT2D eigenvalue weighted by Crippen LogP contribution is 2.33. The van der Waals surface area contributed by atoms with Crippen LogP contribution in [0.3, 0.4) is 0 Å². The number of aromatic nitrogens is 3. The van der Waals surface area contributed by atoms with Crippen molar-refractivity contribution in [1.82, 2.24) is 19.9 Å². The molecule has 0 saturated carbocycles. The molecule has 1 saturated heterocycles. The van der Waals surface area contributed by atoms with Crippen LogP contribution in [0, 0.1) is 5.82 Å². The van der Waals surface area contributed by atoms with Crippen molar-refractivity contribution in [3.05, 3.63) is 78.5 Å². The van der Waals surface area contributed by atoms with Gasteiger partial charge in [0.2, 0.25) is 11.8 Å². The van der Waals surface area contributed by atoms with E-state index in [9.17, 15) is 27.2 Å². The molecule has 232 valence electrons. The van der Waals surface area contributed by atoms with Gasteiger partial charge >= 0.3 is 5.97 Å². The summed E-state index contributed by atoms with van der Waals surface area (Å²) in [6, 6.07) is 9.37. The van der Waals surface area contributed by atoms with Crippen LogP contribution < -0.4 is 14.4 Å². The molecule has 1 aliphatic rings. The highest BCUT2D eigenvalue weighted by molar-refractivity contribution is 7.92. The molecule has 0 unspecified atom stereocenters. The molecule has 1 fully saturated rings. The van der Waals surface area contributed by atoms with Gasteiger partial charge in [0, 0.05) is 49.4 Å². The number of aromatic carboxylic acids is 1. The van der Waals surface area contributed by atoms with Gasteiger partial charge in [-0.15, -0.1) is 0 Å². The number of hydrogen-bond acceptors (Lipinski definition) is 10. The lowest BCUT2D eigenvalue weighted by Crippen LogP contribution is -2.48. The highest BCUT2D eigenvalue weighted by atomic mass is 32.2. The second kappa shape index (κ2) is 12.7. The summed E-state index contributed by atoms with van der Waals surface area (Å²) in [6.45, 7) is 3.23. The Morgan fingerprint density at radius 2 is 1.73 bits per heavy atom. The molecule has 15 heteroatoms. The number of allylic oxidation sites excluding steroid dienone is 1. The maximum absolute atomic E-state index is 14.6. The van der Waals surface area contributed by atoms with Gasteiger partial charge in [0.1, 0.15) is 28.5 Å². The maximum atomic E-state index is 14.6. The van der Waals surface area contributed by atoms with Gasteiger partial charge in [-0.3, -0.25) is 14.3 Å². The van der Waals surface area contributed by atoms with Gasteiger partial charge in [-0.1, -0.05) is 6.07 Å². The summed E-state index contributed by atoms with van der Waals surface area (Å²) in [5, 5.41) is 9.79. The number of nitrogens with one attached hydrogen (secondary N) is 1. The number of rotatable bonds is 9. The number of carboxylic acid groups (broad SMARTS) is 1. The molecule has 5 rings (SSSR count). The van der Waals surface area contributed by atoms with E-state index in [1.807, 2.05) is 11.0 Å². The zero-order valence-electron chi connectivity index (χ0n) is 24.1. The van der Waals surface area contributed by atoms with Crippen LogP contribution in [0.25, 0.3) is 22.0 Å². The number of sulfonamides is 1. The van der Waals surface area contributed by atoms with Gasteiger partial charge in [0.25, 0.3) is 10.0 Å². The van der Waals surface area contributed by atoms with Crippen molar-refractivity contribution in [3.63, 3.8) is 0 Å². The topological polar surface area (TPSA) is 172 Å². The minimum Gasteiger partial charge on any atom is -0.480 e. The Morgan fingerprint density at radius 3 is 2.40 bits per heavy atom. The van der Waals surface area contributed by atoms with Crippen molar-refractivity contribution in [2.45, 2.75) is 11.8 Å². The number of methoxy groups -OCH3 is 1. The minimum atomic E-state index is -4.51. The van der Waals surface area contributed by atoms with E-state index in [-0.39, 0.29) is 23.3 Å². The molecule has 0 atom stereocenters. The molecule has 2 aromatic heterocycles. The van der Waals surface area contributed by atoms with Crippen molar-refractivity contribution < 1.29 is 37.0 Å². The van der Waals surface area contributed by atoms with Crippen LogP contribution in [0.1, 0.15) is 17.3 Å². The predicted octanol–water partition coefficient (Wildman–Crippen LogP) is 3.13. The number of carboxylic acids is 1. The average molecular weight is 635 g/mol. The van der Waals surface area contributed by atoms with Crippen LogP contribution in [0.15, 0.2) is 72.0 Å². The molecule has 0 bridgehead atoms. The smallest absolute Gasteiger partial charge is 0.335 e. The molecule has 2 N–H and O–H groups in total. The van der Waals surface area contributed by atoms with Crippen LogP contribution in [0.5, 0.6) is 5.88 Å². The van der Waals surface area contributed by atoms with Gasteiger partial charge in [0.05, 0.1) is 18.2 Å². The maximum Gasteiger partial charge on any atom is 0.335 e. The van der Waals surface area contributed by atoms with Crippen molar-refractivity contribution >= 4 is 50.1 Å². The minimum absolute atomic E-state index is 0.0686. The number of anilines is 2. The van der Waals surface area contributed by atoms with Crippen molar-refractivity contribution in [3.8, 4) is 17.0 Å². The number of carbonyl (C=O) groups excluding carboxylic acids is 2. The lowest BCUT2D eigenvalue weighted by Gasteiger charge is -2.35. The molecule has 3 heterocycles. The summed E-state index contributed by atoms with van der Waals surface area (Å²) in [7, 11) is -3.21. The lowest BCUT2D eigenvalue weighted by molar-refractivity contribution is -0.126. The number of halogens is 1. The Kier molecular flexibility index (Phi) is 8.72. The Labute approximate surface area is 257 Å². The van der Waals surface area contributed by atoms with E-state index < -0.39 is 32.3 Å². The summed E-state index contributed by atoms with van der Waals surface area (Å²) in [6.07, 6.45) is 5.46. The molecular weight excluding hydrogens is 607 g/mol. The fourth-order valence-corrected chi connectivity index (χ4v) is 5.91. The van der Waals surface area contributed by atoms with Gasteiger partial charge in [-0.05, 0) is 55.0 Å². The molecule has 0 radical (unpaired) electrons. The Bertz CT molecular complexity index is 1960. The van der Waals surface area contributed by atoms with E-state index in [0.29, 0.717) is 60.1 Å². The van der Waals surface area contributed by atoms with E-state index in [1.165, 1.54) is 44.8 Å². The zero-order valence-corrected chi connectivity index (χ0v) is 24.9. The fraction of sp³-hybridized carbons (Fsp3) is 0.200. The SMILES string of the molecule is COc1ncc(-c2ccc3ncnc(N4CCN(C(=O)/C=C/C(C)=O)CC4)c3c2)cc1NS(=O)(=O)c1ccc(C(=O)O)cc1F. The van der Waals surface area contributed by atoms with Crippen LogP contribution in [0.2, 0.25) is 0 Å². The monoisotopic (exact) mass is 634 g/mol. The first-order valence-electron chi connectivity index (χ1n) is 13.5. The summed E-state index contributed by atoms with van der Waals surface area (Å²) >= 11 is 0. The first-order valence-corrected chi connectivity index (χ1v) is 15.0. The number of nitrogens with zero attached hydrogens (tertiary/aromatic N) is 5. The molecule has 1 amide bonds. The van der Waals surface area contributed by atoms with E-state index in [4.69, 9.17) is 9.84 Å². The van der Waals surface area contributed by atoms with Gasteiger partial charge in [-0.25, -0.2) is 32.6 Å². The molecule has 13 nitrogen and oxygen atoms in total. The van der Waals surface area contributed by atoms with E-state index >= 15 is 0 Å². The first-order chi connectivity index (χ1) is 21.5. The third-order valence-electron chi connectivity index (χ3n) is 7.06. The third-order valence-corrected chi connectivity index (χ3v) is 8.46. The summed E-state index contributed by atoms with van der Waals surface area (Å²) in [5.74, 6) is -2.49. The molecule has 0 spiro atoms. The molecule has 45 heavy (non-hydrogen) atoms. The fourth-order valence-electron chi connectivity index (χ4n) is 4.80. The second-order valence-corrected chi connectivity index (χ2v) is 11.7. The number of fused-ring (bicyclic) bond motifs is 1. The third kappa shape index (κ3) is 6.72. The number of hydrogen-bond donors (Lipinski definition) is 2. The number of carbonyl (C=O) groups is 3. The number of amides is 1. The first kappa shape index (κ1) is 31.0. The molecule has 0 aliphatic carbocycles. The molecule has 1 aliphatic heterocycles. The highest BCUT2D eigenvalue weighted by Gasteiger charge is 2.24. The summed E-state index contributed by atoms with van der Waals surface area (Å²) < 4.78 is 48.3. The number of ether oxygens (including phenoxy) is 1. The quantitative estimate of drug-likeness (QED) is 0.259. The molecule has 4 aromatic rings. The van der Waals surface area contributed by atoms with Crippen LogP contribution in [-0.2, 0) is 19.6 Å². The van der Waals surface area contributed by atoms with E-state index in [1.54, 1.807) is 17.0 Å². The Balaban J connectivity index is 1.43. The van der Waals surface area contributed by atoms with E-state index in [0.717, 1.165) is 12.1 Å². The normalized spacial score (nSPS) is 13.7. The number of piperazine rings is 1. The van der Waals surface area contributed by atoms with Crippen molar-refractivity contribution in [1.29, 1.82) is 0 Å². The number of ketones is 1. The largest absolute Gasteiger partial charge is 0.480 e. The summed E-state index contributed by atoms with van der Waals surface area (Å²) in [4.78, 5) is 50.8. The Hall–Kier alpha value is -5.44. The van der Waals surface area contributed by atoms with Crippen LogP contribution >= 0.6 is 0 Å². The second-order valence-electron chi connectivity index (χ2n) is 10.0. The number of pyridine rings is 1. The van der Waals surface area contributed by atoms with Gasteiger partial charge < -0.3 is 19.6 Å². The predicted molar refractivity (Wildman–Crippen MR) is 162 cm³/mol. The molecule has 2 aromatic carbocycles. The van der Waals surface area contributed by atoms with Crippen LogP contribution in [0.4, 0.5) is 15.9 Å². The number of benzene rings is 2. The van der Waals surface area contributed by atoms with Crippen molar-refractivity contribution in [2.24, 2.45) is 0 Å². The summed E-state index contributed by atoms with van der Waals surface area (Å²) in [5.41, 5.74) is 1.34. The lowest BCUT2D eigenvalue weighted by atomic mass is 10.0. The Morgan fingerprint density at radius 1 is 0.978 bits per heavy atom. The van der Waals surface area contributed by atoms with E-state index in [2.05, 4.69) is 19.7 Å².